The predicted octanol–water partition coefficient (Wildman–Crippen LogP) is 1.14. The van der Waals surface area contributed by atoms with Crippen molar-refractivity contribution in [3.8, 4) is 11.5 Å². The fraction of sp³-hybridized carbons (Fsp3) is 0.533. The van der Waals surface area contributed by atoms with E-state index in [-0.39, 0.29) is 11.8 Å². The lowest BCUT2D eigenvalue weighted by Crippen LogP contribution is -2.21. The first kappa shape index (κ1) is 15.6. The van der Waals surface area contributed by atoms with Crippen molar-refractivity contribution in [3.63, 3.8) is 0 Å². The van der Waals surface area contributed by atoms with E-state index in [1.54, 1.807) is 6.07 Å². The van der Waals surface area contributed by atoms with Crippen LogP contribution in [0.25, 0.3) is 0 Å². The smallest absolute Gasteiger partial charge is 0.341 e. The average molecular weight is 294 g/mol. The van der Waals surface area contributed by atoms with E-state index in [4.69, 9.17) is 15.2 Å². The number of benzene rings is 1. The number of carbonyl (C=O) groups excluding carboxylic acids is 1. The van der Waals surface area contributed by atoms with E-state index in [0.717, 1.165) is 13.0 Å². The van der Waals surface area contributed by atoms with Crippen LogP contribution >= 0.6 is 0 Å². The van der Waals surface area contributed by atoms with Gasteiger partial charge >= 0.3 is 5.97 Å². The first-order chi connectivity index (χ1) is 10.0. The summed E-state index contributed by atoms with van der Waals surface area (Å²) in [6.07, 6.45) is 0.855. The minimum Gasteiger partial charge on any atom is -0.507 e. The summed E-state index contributed by atoms with van der Waals surface area (Å²) in [6, 6.07) is 3.15. The molecule has 2 rings (SSSR count). The molecule has 0 bridgehead atoms. The second-order valence-electron chi connectivity index (χ2n) is 5.40. The van der Waals surface area contributed by atoms with Gasteiger partial charge in [-0.25, -0.2) is 4.79 Å². The molecule has 0 aliphatic carbocycles. The van der Waals surface area contributed by atoms with Crippen LogP contribution in [-0.2, 0) is 4.74 Å². The number of carbonyl (C=O) groups is 1. The Bertz CT molecular complexity index is 533. The van der Waals surface area contributed by atoms with Crippen LogP contribution in [0.1, 0.15) is 28.4 Å². The monoisotopic (exact) mass is 294 g/mol. The number of hydrogen-bond acceptors (Lipinski definition) is 6. The summed E-state index contributed by atoms with van der Waals surface area (Å²) < 4.78 is 9.91. The average Bonchev–Trinajstić information content (AvgIpc) is 2.87. The van der Waals surface area contributed by atoms with Gasteiger partial charge in [-0.3, -0.25) is 4.90 Å². The van der Waals surface area contributed by atoms with E-state index in [1.807, 2.05) is 7.05 Å². The van der Waals surface area contributed by atoms with Crippen LogP contribution in [0, 0.1) is 5.92 Å². The van der Waals surface area contributed by atoms with Crippen molar-refractivity contribution in [1.29, 1.82) is 0 Å². The standard InChI is InChI=1S/C15H22N2O4/c1-17-8-9(7-16)4-12(17)10-5-11(15(19)21-3)14(20-2)6-13(10)18/h5-6,9,12,18H,4,7-8,16H2,1-3H3. The predicted molar refractivity (Wildman–Crippen MR) is 78.5 cm³/mol. The summed E-state index contributed by atoms with van der Waals surface area (Å²) in [5.41, 5.74) is 6.76. The number of methoxy groups -OCH3 is 2. The quantitative estimate of drug-likeness (QED) is 0.810. The number of aromatic hydroxyl groups is 1. The molecule has 0 radical (unpaired) electrons. The van der Waals surface area contributed by atoms with Crippen LogP contribution < -0.4 is 10.5 Å². The largest absolute Gasteiger partial charge is 0.507 e. The number of esters is 1. The van der Waals surface area contributed by atoms with Crippen molar-refractivity contribution < 1.29 is 19.4 Å². The van der Waals surface area contributed by atoms with E-state index in [2.05, 4.69) is 4.90 Å². The number of likely N-dealkylation sites (tertiary alicyclic amines) is 1. The third-order valence-corrected chi connectivity index (χ3v) is 4.08. The fourth-order valence-electron chi connectivity index (χ4n) is 2.93. The Hall–Kier alpha value is -1.79. The van der Waals surface area contributed by atoms with Crippen LogP contribution in [0.5, 0.6) is 11.5 Å². The van der Waals surface area contributed by atoms with Crippen molar-refractivity contribution in [3.05, 3.63) is 23.3 Å². The Kier molecular flexibility index (Phi) is 4.69. The van der Waals surface area contributed by atoms with Gasteiger partial charge in [0, 0.05) is 24.2 Å². The molecule has 0 amide bonds. The molecule has 21 heavy (non-hydrogen) atoms. The highest BCUT2D eigenvalue weighted by atomic mass is 16.5. The minimum absolute atomic E-state index is 0.0351. The maximum absolute atomic E-state index is 11.9. The van der Waals surface area contributed by atoms with Crippen molar-refractivity contribution in [2.75, 3.05) is 34.4 Å². The van der Waals surface area contributed by atoms with Gasteiger partial charge in [-0.1, -0.05) is 0 Å². The second-order valence-corrected chi connectivity index (χ2v) is 5.40. The van der Waals surface area contributed by atoms with Gasteiger partial charge in [0.15, 0.2) is 0 Å². The molecule has 2 unspecified atom stereocenters. The summed E-state index contributed by atoms with van der Waals surface area (Å²) in [4.78, 5) is 14.0. The molecular weight excluding hydrogens is 272 g/mol. The van der Waals surface area contributed by atoms with Gasteiger partial charge in [-0.15, -0.1) is 0 Å². The molecule has 1 fully saturated rings. The van der Waals surface area contributed by atoms with Crippen LogP contribution in [0.3, 0.4) is 0 Å². The van der Waals surface area contributed by atoms with Gasteiger partial charge in [0.1, 0.15) is 17.1 Å². The zero-order valence-electron chi connectivity index (χ0n) is 12.6. The number of nitrogens with two attached hydrogens (primary N) is 1. The Morgan fingerprint density at radius 3 is 2.71 bits per heavy atom. The molecular formula is C15H22N2O4. The Balaban J connectivity index is 2.42. The zero-order chi connectivity index (χ0) is 15.6. The van der Waals surface area contributed by atoms with E-state index in [9.17, 15) is 9.90 Å². The van der Waals surface area contributed by atoms with Crippen LogP contribution in [0.2, 0.25) is 0 Å². The van der Waals surface area contributed by atoms with Gasteiger partial charge in [0.2, 0.25) is 0 Å². The lowest BCUT2D eigenvalue weighted by molar-refractivity contribution is 0.0596. The molecule has 1 aromatic rings. The fourth-order valence-corrected chi connectivity index (χ4v) is 2.93. The lowest BCUT2D eigenvalue weighted by atomic mass is 9.97. The van der Waals surface area contributed by atoms with Crippen molar-refractivity contribution >= 4 is 5.97 Å². The SMILES string of the molecule is COC(=O)c1cc(C2CC(CN)CN2C)c(O)cc1OC. The first-order valence-electron chi connectivity index (χ1n) is 6.91. The van der Waals surface area contributed by atoms with Crippen molar-refractivity contribution in [2.45, 2.75) is 12.5 Å². The molecule has 0 saturated carbocycles. The van der Waals surface area contributed by atoms with Gasteiger partial charge in [0.25, 0.3) is 0 Å². The van der Waals surface area contributed by atoms with E-state index in [1.165, 1.54) is 20.3 Å². The van der Waals surface area contributed by atoms with E-state index < -0.39 is 5.97 Å². The molecule has 2 atom stereocenters. The molecule has 6 heteroatoms. The van der Waals surface area contributed by atoms with E-state index >= 15 is 0 Å². The zero-order valence-corrected chi connectivity index (χ0v) is 12.6. The maximum Gasteiger partial charge on any atom is 0.341 e. The Morgan fingerprint density at radius 1 is 1.48 bits per heavy atom. The summed E-state index contributed by atoms with van der Waals surface area (Å²) in [7, 11) is 4.76. The summed E-state index contributed by atoms with van der Waals surface area (Å²) in [6.45, 7) is 1.49. The topological polar surface area (TPSA) is 85.0 Å². The maximum atomic E-state index is 11.9. The van der Waals surface area contributed by atoms with Gasteiger partial charge < -0.3 is 20.3 Å². The van der Waals surface area contributed by atoms with Crippen LogP contribution in [0.15, 0.2) is 12.1 Å². The summed E-state index contributed by atoms with van der Waals surface area (Å²) >= 11 is 0. The molecule has 0 spiro atoms. The first-order valence-corrected chi connectivity index (χ1v) is 6.91. The van der Waals surface area contributed by atoms with Crippen molar-refractivity contribution in [2.24, 2.45) is 11.7 Å². The highest BCUT2D eigenvalue weighted by Gasteiger charge is 2.32. The van der Waals surface area contributed by atoms with Gasteiger partial charge in [-0.2, -0.15) is 0 Å². The summed E-state index contributed by atoms with van der Waals surface area (Å²) in [5, 5.41) is 10.2. The molecule has 1 aliphatic heterocycles. The summed E-state index contributed by atoms with van der Waals surface area (Å²) in [5.74, 6) is 0.334. The van der Waals surface area contributed by atoms with E-state index in [0.29, 0.717) is 29.3 Å². The Labute approximate surface area is 124 Å². The number of ether oxygens (including phenoxy) is 2. The van der Waals surface area contributed by atoms with Gasteiger partial charge in [-0.05, 0) is 32.0 Å². The number of phenolic OH excluding ortho intramolecular Hbond substituents is 1. The molecule has 1 aromatic carbocycles. The third-order valence-electron chi connectivity index (χ3n) is 4.08. The second kappa shape index (κ2) is 6.32. The van der Waals surface area contributed by atoms with Gasteiger partial charge in [0.05, 0.1) is 14.2 Å². The number of hydrogen-bond donors (Lipinski definition) is 2. The molecule has 1 saturated heterocycles. The molecule has 1 aliphatic rings. The Morgan fingerprint density at radius 2 is 2.19 bits per heavy atom. The molecule has 6 nitrogen and oxygen atoms in total. The number of nitrogens with zero attached hydrogens (tertiary/aromatic N) is 1. The number of rotatable bonds is 4. The normalized spacial score (nSPS) is 22.3. The minimum atomic E-state index is -0.482. The molecule has 116 valence electrons. The molecule has 3 N–H and O–H groups in total. The number of phenols is 1. The van der Waals surface area contributed by atoms with Crippen LogP contribution in [-0.4, -0.2) is 50.3 Å². The highest BCUT2D eigenvalue weighted by molar-refractivity contribution is 5.93. The lowest BCUT2D eigenvalue weighted by Gasteiger charge is -2.22. The third kappa shape index (κ3) is 2.96. The molecule has 1 heterocycles. The van der Waals surface area contributed by atoms with Crippen molar-refractivity contribution in [1.82, 2.24) is 4.90 Å². The highest BCUT2D eigenvalue weighted by Crippen LogP contribution is 2.40. The molecule has 0 aromatic heterocycles. The van der Waals surface area contributed by atoms with Crippen LogP contribution in [0.4, 0.5) is 0 Å².